The molecule has 0 aliphatic carbocycles. The Hall–Kier alpha value is -2.66. The van der Waals surface area contributed by atoms with Crippen molar-refractivity contribution in [3.63, 3.8) is 0 Å². The van der Waals surface area contributed by atoms with Gasteiger partial charge in [0.25, 0.3) is 5.91 Å². The standard InChI is InChI=1S/C22H24N2O2S/c1-5-26-18-12-8-15(9-13-18)19-14-27-21(23-19)24-20(25)16-6-10-17(11-7-16)22(2,3)4/h6-14H,5H2,1-4H3,(H,23,24,25). The minimum atomic E-state index is -0.150. The van der Waals surface area contributed by atoms with Gasteiger partial charge in [-0.2, -0.15) is 0 Å². The van der Waals surface area contributed by atoms with Crippen molar-refractivity contribution >= 4 is 22.4 Å². The van der Waals surface area contributed by atoms with E-state index >= 15 is 0 Å². The smallest absolute Gasteiger partial charge is 0.257 e. The van der Waals surface area contributed by atoms with Gasteiger partial charge >= 0.3 is 0 Å². The first-order chi connectivity index (χ1) is 12.9. The van der Waals surface area contributed by atoms with Gasteiger partial charge in [-0.3, -0.25) is 10.1 Å². The highest BCUT2D eigenvalue weighted by atomic mass is 32.1. The summed E-state index contributed by atoms with van der Waals surface area (Å²) in [4.78, 5) is 17.0. The van der Waals surface area contributed by atoms with Crippen LogP contribution in [0.5, 0.6) is 5.75 Å². The molecule has 0 saturated carbocycles. The number of nitrogens with zero attached hydrogens (tertiary/aromatic N) is 1. The first-order valence-electron chi connectivity index (χ1n) is 8.97. The van der Waals surface area contributed by atoms with E-state index in [4.69, 9.17) is 4.74 Å². The van der Waals surface area contributed by atoms with E-state index in [1.54, 1.807) is 0 Å². The summed E-state index contributed by atoms with van der Waals surface area (Å²) in [5.74, 6) is 0.687. The second kappa shape index (κ2) is 7.92. The van der Waals surface area contributed by atoms with Crippen molar-refractivity contribution in [1.82, 2.24) is 4.98 Å². The van der Waals surface area contributed by atoms with Gasteiger partial charge < -0.3 is 4.74 Å². The molecule has 0 unspecified atom stereocenters. The number of ether oxygens (including phenoxy) is 1. The number of thiazole rings is 1. The molecule has 1 aromatic heterocycles. The summed E-state index contributed by atoms with van der Waals surface area (Å²) in [5, 5.41) is 5.41. The van der Waals surface area contributed by atoms with Gasteiger partial charge in [0.2, 0.25) is 0 Å². The van der Waals surface area contributed by atoms with Crippen LogP contribution in [-0.2, 0) is 5.41 Å². The van der Waals surface area contributed by atoms with Gasteiger partial charge in [0.1, 0.15) is 5.75 Å². The van der Waals surface area contributed by atoms with Gasteiger partial charge in [0.05, 0.1) is 12.3 Å². The number of carbonyl (C=O) groups excluding carboxylic acids is 1. The predicted octanol–water partition coefficient (Wildman–Crippen LogP) is 5.76. The van der Waals surface area contributed by atoms with Crippen LogP contribution in [0.1, 0.15) is 43.6 Å². The van der Waals surface area contributed by atoms with Gasteiger partial charge in [0.15, 0.2) is 5.13 Å². The third kappa shape index (κ3) is 4.74. The molecule has 0 spiro atoms. The topological polar surface area (TPSA) is 51.2 Å². The molecule has 3 aromatic rings. The third-order valence-corrected chi connectivity index (χ3v) is 4.96. The molecule has 0 radical (unpaired) electrons. The maximum atomic E-state index is 12.5. The summed E-state index contributed by atoms with van der Waals surface area (Å²) in [5.41, 5.74) is 3.72. The molecule has 3 rings (SSSR count). The van der Waals surface area contributed by atoms with Gasteiger partial charge in [-0.05, 0) is 54.3 Å². The van der Waals surface area contributed by atoms with Crippen LogP contribution >= 0.6 is 11.3 Å². The number of carbonyl (C=O) groups is 1. The zero-order valence-corrected chi connectivity index (χ0v) is 16.9. The van der Waals surface area contributed by atoms with Crippen molar-refractivity contribution in [3.05, 3.63) is 65.0 Å². The highest BCUT2D eigenvalue weighted by Gasteiger charge is 2.15. The van der Waals surface area contributed by atoms with Crippen molar-refractivity contribution in [2.75, 3.05) is 11.9 Å². The van der Waals surface area contributed by atoms with Crippen LogP contribution in [0.3, 0.4) is 0 Å². The summed E-state index contributed by atoms with van der Waals surface area (Å²) in [7, 11) is 0. The lowest BCUT2D eigenvalue weighted by Gasteiger charge is -2.18. The SMILES string of the molecule is CCOc1ccc(-c2csc(NC(=O)c3ccc(C(C)(C)C)cc3)n2)cc1. The van der Waals surface area contributed by atoms with E-state index in [1.807, 2.05) is 60.8 Å². The first-order valence-corrected chi connectivity index (χ1v) is 9.85. The van der Waals surface area contributed by atoms with Crippen LogP contribution < -0.4 is 10.1 Å². The van der Waals surface area contributed by atoms with E-state index in [0.717, 1.165) is 17.0 Å². The highest BCUT2D eigenvalue weighted by molar-refractivity contribution is 7.14. The average Bonchev–Trinajstić information content (AvgIpc) is 3.10. The van der Waals surface area contributed by atoms with E-state index in [0.29, 0.717) is 17.3 Å². The second-order valence-corrected chi connectivity index (χ2v) is 8.13. The number of anilines is 1. The van der Waals surface area contributed by atoms with Crippen LogP contribution in [-0.4, -0.2) is 17.5 Å². The summed E-state index contributed by atoms with van der Waals surface area (Å²) in [6.07, 6.45) is 0. The van der Waals surface area contributed by atoms with Crippen molar-refractivity contribution in [2.45, 2.75) is 33.1 Å². The molecule has 27 heavy (non-hydrogen) atoms. The number of hydrogen-bond acceptors (Lipinski definition) is 4. The Labute approximate surface area is 164 Å². The second-order valence-electron chi connectivity index (χ2n) is 7.28. The van der Waals surface area contributed by atoms with Crippen LogP contribution in [0.4, 0.5) is 5.13 Å². The molecule has 0 aliphatic heterocycles. The van der Waals surface area contributed by atoms with Gasteiger partial charge in [0, 0.05) is 16.5 Å². The summed E-state index contributed by atoms with van der Waals surface area (Å²) in [6.45, 7) is 9.06. The summed E-state index contributed by atoms with van der Waals surface area (Å²) >= 11 is 1.41. The largest absolute Gasteiger partial charge is 0.494 e. The fourth-order valence-electron chi connectivity index (χ4n) is 2.64. The van der Waals surface area contributed by atoms with E-state index in [9.17, 15) is 4.79 Å². The Balaban J connectivity index is 1.69. The van der Waals surface area contributed by atoms with Crippen LogP contribution in [0.2, 0.25) is 0 Å². The first kappa shape index (κ1) is 19.1. The molecule has 140 valence electrons. The molecule has 2 aromatic carbocycles. The van der Waals surface area contributed by atoms with E-state index < -0.39 is 0 Å². The molecule has 0 atom stereocenters. The molecular weight excluding hydrogens is 356 g/mol. The molecule has 0 bridgehead atoms. The van der Waals surface area contributed by atoms with Gasteiger partial charge in [-0.15, -0.1) is 11.3 Å². The number of aromatic nitrogens is 1. The predicted molar refractivity (Wildman–Crippen MR) is 112 cm³/mol. The Morgan fingerprint density at radius 1 is 1.07 bits per heavy atom. The molecule has 0 aliphatic rings. The Kier molecular flexibility index (Phi) is 5.61. The minimum absolute atomic E-state index is 0.0664. The van der Waals surface area contributed by atoms with Gasteiger partial charge in [-0.25, -0.2) is 4.98 Å². The normalized spacial score (nSPS) is 11.3. The minimum Gasteiger partial charge on any atom is -0.494 e. The number of benzene rings is 2. The zero-order valence-electron chi connectivity index (χ0n) is 16.1. The lowest BCUT2D eigenvalue weighted by Crippen LogP contribution is -2.14. The zero-order chi connectivity index (χ0) is 19.4. The third-order valence-electron chi connectivity index (χ3n) is 4.20. The van der Waals surface area contributed by atoms with Crippen LogP contribution in [0.25, 0.3) is 11.3 Å². The lowest BCUT2D eigenvalue weighted by atomic mass is 9.87. The molecule has 0 saturated heterocycles. The molecule has 5 heteroatoms. The molecule has 1 heterocycles. The molecular formula is C22H24N2O2S. The summed E-state index contributed by atoms with van der Waals surface area (Å²) < 4.78 is 5.46. The fourth-order valence-corrected chi connectivity index (χ4v) is 3.36. The number of amides is 1. The fraction of sp³-hybridized carbons (Fsp3) is 0.273. The van der Waals surface area contributed by atoms with E-state index in [1.165, 1.54) is 16.9 Å². The number of nitrogens with one attached hydrogen (secondary N) is 1. The maximum Gasteiger partial charge on any atom is 0.257 e. The van der Waals surface area contributed by atoms with E-state index in [-0.39, 0.29) is 11.3 Å². The van der Waals surface area contributed by atoms with Crippen LogP contribution in [0.15, 0.2) is 53.9 Å². The van der Waals surface area contributed by atoms with Crippen molar-refractivity contribution in [1.29, 1.82) is 0 Å². The van der Waals surface area contributed by atoms with Gasteiger partial charge in [-0.1, -0.05) is 32.9 Å². The molecule has 1 amide bonds. The van der Waals surface area contributed by atoms with Crippen molar-refractivity contribution < 1.29 is 9.53 Å². The average molecular weight is 381 g/mol. The molecule has 0 fully saturated rings. The lowest BCUT2D eigenvalue weighted by molar-refractivity contribution is 0.102. The molecule has 1 N–H and O–H groups in total. The van der Waals surface area contributed by atoms with E-state index in [2.05, 4.69) is 31.1 Å². The quantitative estimate of drug-likeness (QED) is 0.612. The highest BCUT2D eigenvalue weighted by Crippen LogP contribution is 2.27. The van der Waals surface area contributed by atoms with Crippen molar-refractivity contribution in [3.8, 4) is 17.0 Å². The number of rotatable bonds is 5. The Bertz CT molecular complexity index is 907. The van der Waals surface area contributed by atoms with Crippen molar-refractivity contribution in [2.24, 2.45) is 0 Å². The maximum absolute atomic E-state index is 12.5. The number of hydrogen-bond donors (Lipinski definition) is 1. The summed E-state index contributed by atoms with van der Waals surface area (Å²) in [6, 6.07) is 15.5. The monoisotopic (exact) mass is 380 g/mol. The van der Waals surface area contributed by atoms with Crippen LogP contribution in [0, 0.1) is 0 Å². The Morgan fingerprint density at radius 3 is 2.33 bits per heavy atom. The molecule has 4 nitrogen and oxygen atoms in total. The Morgan fingerprint density at radius 2 is 1.74 bits per heavy atom.